The van der Waals surface area contributed by atoms with Crippen molar-refractivity contribution in [3.8, 4) is 11.3 Å². The Morgan fingerprint density at radius 3 is 2.52 bits per heavy atom. The zero-order chi connectivity index (χ0) is 21.8. The van der Waals surface area contributed by atoms with Gasteiger partial charge in [0.1, 0.15) is 0 Å². The molecule has 0 aliphatic carbocycles. The number of aliphatic hydroxyl groups is 1. The molecule has 0 saturated heterocycles. The number of aromatic nitrogens is 2. The first kappa shape index (κ1) is 21.0. The first-order valence-corrected chi connectivity index (χ1v) is 10.9. The van der Waals surface area contributed by atoms with Gasteiger partial charge in [0.15, 0.2) is 5.65 Å². The van der Waals surface area contributed by atoms with Crippen molar-refractivity contribution < 1.29 is 9.90 Å². The van der Waals surface area contributed by atoms with Gasteiger partial charge < -0.3 is 10.4 Å². The smallest absolute Gasteiger partial charge is 0.221 e. The molecule has 0 radical (unpaired) electrons. The summed E-state index contributed by atoms with van der Waals surface area (Å²) < 4.78 is 0. The van der Waals surface area contributed by atoms with Gasteiger partial charge in [-0.25, -0.2) is 9.97 Å². The maximum absolute atomic E-state index is 11.2. The number of benzene rings is 2. The van der Waals surface area contributed by atoms with E-state index in [1.807, 2.05) is 48.5 Å². The summed E-state index contributed by atoms with van der Waals surface area (Å²) >= 11 is 1.66. The van der Waals surface area contributed by atoms with E-state index in [0.29, 0.717) is 12.1 Å². The maximum atomic E-state index is 11.2. The van der Waals surface area contributed by atoms with Gasteiger partial charge in [-0.3, -0.25) is 4.79 Å². The SMILES string of the molecule is CC(=O)Nc1ccc(Sc2ccc(C)cc2-c2ccc3ccc(CCO)nc3n2)cc1. The van der Waals surface area contributed by atoms with Gasteiger partial charge in [0.05, 0.1) is 5.69 Å². The van der Waals surface area contributed by atoms with Crippen LogP contribution in [-0.4, -0.2) is 27.6 Å². The van der Waals surface area contributed by atoms with E-state index in [9.17, 15) is 9.90 Å². The molecule has 4 aromatic rings. The van der Waals surface area contributed by atoms with E-state index in [-0.39, 0.29) is 12.5 Å². The summed E-state index contributed by atoms with van der Waals surface area (Å²) in [6.07, 6.45) is 0.516. The van der Waals surface area contributed by atoms with Gasteiger partial charge in [0.2, 0.25) is 5.91 Å². The summed E-state index contributed by atoms with van der Waals surface area (Å²) in [5.41, 5.74) is 5.36. The number of carbonyl (C=O) groups is 1. The molecule has 0 spiro atoms. The largest absolute Gasteiger partial charge is 0.396 e. The Labute approximate surface area is 185 Å². The topological polar surface area (TPSA) is 75.1 Å². The molecule has 31 heavy (non-hydrogen) atoms. The minimum atomic E-state index is -0.0839. The van der Waals surface area contributed by atoms with Crippen molar-refractivity contribution >= 4 is 34.4 Å². The number of aryl methyl sites for hydroxylation is 1. The van der Waals surface area contributed by atoms with E-state index in [2.05, 4.69) is 35.4 Å². The minimum absolute atomic E-state index is 0.0671. The third-order valence-corrected chi connectivity index (χ3v) is 5.88. The summed E-state index contributed by atoms with van der Waals surface area (Å²) in [7, 11) is 0. The van der Waals surface area contributed by atoms with Crippen molar-refractivity contribution in [2.45, 2.75) is 30.1 Å². The Morgan fingerprint density at radius 1 is 1.00 bits per heavy atom. The lowest BCUT2D eigenvalue weighted by molar-refractivity contribution is -0.114. The number of aliphatic hydroxyl groups excluding tert-OH is 1. The minimum Gasteiger partial charge on any atom is -0.396 e. The van der Waals surface area contributed by atoms with Crippen LogP contribution in [0.2, 0.25) is 0 Å². The quantitative estimate of drug-likeness (QED) is 0.438. The lowest BCUT2D eigenvalue weighted by Crippen LogP contribution is -2.05. The summed E-state index contributed by atoms with van der Waals surface area (Å²) in [6, 6.07) is 22.1. The number of carbonyl (C=O) groups excluding carboxylic acids is 1. The maximum Gasteiger partial charge on any atom is 0.221 e. The monoisotopic (exact) mass is 429 g/mol. The highest BCUT2D eigenvalue weighted by Crippen LogP contribution is 2.36. The molecule has 156 valence electrons. The standard InChI is InChI=1S/C25H23N3O2S/c1-16-3-12-24(31-21-9-7-19(8-10-21)26-17(2)30)22(15-16)23-11-5-18-4-6-20(13-14-29)27-25(18)28-23/h3-12,15,29H,13-14H2,1-2H3,(H,26,30). The normalized spacial score (nSPS) is 10.9. The van der Waals surface area contributed by atoms with Crippen molar-refractivity contribution in [1.82, 2.24) is 9.97 Å². The van der Waals surface area contributed by atoms with Crippen LogP contribution in [0.1, 0.15) is 18.2 Å². The highest BCUT2D eigenvalue weighted by Gasteiger charge is 2.11. The van der Waals surface area contributed by atoms with E-state index >= 15 is 0 Å². The number of hydrogen-bond acceptors (Lipinski definition) is 5. The molecular formula is C25H23N3O2S. The van der Waals surface area contributed by atoms with Crippen molar-refractivity contribution in [1.29, 1.82) is 0 Å². The number of rotatable bonds is 6. The first-order valence-electron chi connectivity index (χ1n) is 10.1. The van der Waals surface area contributed by atoms with E-state index in [1.165, 1.54) is 6.92 Å². The van der Waals surface area contributed by atoms with E-state index in [1.54, 1.807) is 11.8 Å². The summed E-state index contributed by atoms with van der Waals surface area (Å²) in [4.78, 5) is 22.8. The summed E-state index contributed by atoms with van der Waals surface area (Å²) in [5.74, 6) is -0.0839. The van der Waals surface area contributed by atoms with Crippen LogP contribution in [0.4, 0.5) is 5.69 Å². The highest BCUT2D eigenvalue weighted by molar-refractivity contribution is 7.99. The van der Waals surface area contributed by atoms with Crippen LogP contribution in [0.3, 0.4) is 0 Å². The zero-order valence-corrected chi connectivity index (χ0v) is 18.2. The zero-order valence-electron chi connectivity index (χ0n) is 17.4. The van der Waals surface area contributed by atoms with Crippen molar-refractivity contribution in [3.63, 3.8) is 0 Å². The molecule has 2 aromatic carbocycles. The Hall–Kier alpha value is -3.22. The van der Waals surface area contributed by atoms with Crippen LogP contribution in [-0.2, 0) is 11.2 Å². The molecular weight excluding hydrogens is 406 g/mol. The molecule has 5 nitrogen and oxygen atoms in total. The number of fused-ring (bicyclic) bond motifs is 1. The average Bonchev–Trinajstić information content (AvgIpc) is 2.76. The molecule has 2 heterocycles. The predicted molar refractivity (Wildman–Crippen MR) is 125 cm³/mol. The first-order chi connectivity index (χ1) is 15.0. The van der Waals surface area contributed by atoms with Gasteiger partial charge in [-0.2, -0.15) is 0 Å². The third-order valence-electron chi connectivity index (χ3n) is 4.79. The number of hydrogen-bond donors (Lipinski definition) is 2. The second-order valence-corrected chi connectivity index (χ2v) is 8.44. The number of amides is 1. The molecule has 0 bridgehead atoms. The molecule has 6 heteroatoms. The van der Waals surface area contributed by atoms with Crippen LogP contribution < -0.4 is 5.32 Å². The fourth-order valence-electron chi connectivity index (χ4n) is 3.31. The van der Waals surface area contributed by atoms with Crippen LogP contribution in [0.25, 0.3) is 22.3 Å². The number of nitrogens with one attached hydrogen (secondary N) is 1. The van der Waals surface area contributed by atoms with Crippen LogP contribution in [0.15, 0.2) is 76.5 Å². The van der Waals surface area contributed by atoms with Crippen LogP contribution in [0, 0.1) is 6.92 Å². The molecule has 0 aliphatic rings. The van der Waals surface area contributed by atoms with Crippen molar-refractivity contribution in [3.05, 3.63) is 78.0 Å². The Morgan fingerprint density at radius 2 is 1.77 bits per heavy atom. The number of nitrogens with zero attached hydrogens (tertiary/aromatic N) is 2. The predicted octanol–water partition coefficient (Wildman–Crippen LogP) is 5.25. The summed E-state index contributed by atoms with van der Waals surface area (Å²) in [6.45, 7) is 3.63. The molecule has 2 aromatic heterocycles. The third kappa shape index (κ3) is 5.10. The van der Waals surface area contributed by atoms with Crippen LogP contribution in [0.5, 0.6) is 0 Å². The fourth-order valence-corrected chi connectivity index (χ4v) is 4.25. The van der Waals surface area contributed by atoms with E-state index in [0.717, 1.165) is 43.4 Å². The molecule has 0 atom stereocenters. The van der Waals surface area contributed by atoms with Crippen molar-refractivity contribution in [2.75, 3.05) is 11.9 Å². The van der Waals surface area contributed by atoms with Gasteiger partial charge in [0.25, 0.3) is 0 Å². The average molecular weight is 430 g/mol. The molecule has 0 saturated carbocycles. The molecule has 0 fully saturated rings. The number of anilines is 1. The molecule has 0 aliphatic heterocycles. The molecule has 0 unspecified atom stereocenters. The highest BCUT2D eigenvalue weighted by atomic mass is 32.2. The second kappa shape index (κ2) is 9.29. The van der Waals surface area contributed by atoms with Crippen molar-refractivity contribution in [2.24, 2.45) is 0 Å². The van der Waals surface area contributed by atoms with Gasteiger partial charge in [0, 0.05) is 52.1 Å². The van der Waals surface area contributed by atoms with Gasteiger partial charge >= 0.3 is 0 Å². The van der Waals surface area contributed by atoms with Gasteiger partial charge in [-0.15, -0.1) is 0 Å². The Kier molecular flexibility index (Phi) is 6.30. The summed E-state index contributed by atoms with van der Waals surface area (Å²) in [5, 5.41) is 13.0. The number of pyridine rings is 2. The Balaban J connectivity index is 1.69. The second-order valence-electron chi connectivity index (χ2n) is 7.33. The molecule has 2 N–H and O–H groups in total. The van der Waals surface area contributed by atoms with E-state index in [4.69, 9.17) is 4.98 Å². The fraction of sp³-hybridized carbons (Fsp3) is 0.160. The Bertz CT molecular complexity index is 1240. The lowest BCUT2D eigenvalue weighted by atomic mass is 10.1. The van der Waals surface area contributed by atoms with Gasteiger partial charge in [-0.1, -0.05) is 23.4 Å². The van der Waals surface area contributed by atoms with Crippen LogP contribution >= 0.6 is 11.8 Å². The lowest BCUT2D eigenvalue weighted by Gasteiger charge is -2.12. The van der Waals surface area contributed by atoms with E-state index < -0.39 is 0 Å². The van der Waals surface area contributed by atoms with Gasteiger partial charge in [-0.05, 0) is 67.6 Å². The molecule has 4 rings (SSSR count). The molecule has 1 amide bonds.